The molecule has 1 rings (SSSR count). The van der Waals surface area contributed by atoms with Crippen molar-refractivity contribution < 1.29 is 9.57 Å². The molecule has 3 nitrogen and oxygen atoms in total. The largest absolute Gasteiger partial charge is 0.497 e. The fourth-order valence-electron chi connectivity index (χ4n) is 1.35. The highest BCUT2D eigenvalue weighted by molar-refractivity contribution is 5.60. The fraction of sp³-hybridized carbons (Fsp3) is 0.417. The lowest BCUT2D eigenvalue weighted by atomic mass is 10.0. The van der Waals surface area contributed by atoms with Crippen molar-refractivity contribution >= 4 is 6.21 Å². The van der Waals surface area contributed by atoms with Gasteiger partial charge in [0.1, 0.15) is 12.9 Å². The summed E-state index contributed by atoms with van der Waals surface area (Å²) in [7, 11) is 3.22. The molecule has 0 aliphatic rings. The van der Waals surface area contributed by atoms with E-state index in [2.05, 4.69) is 29.0 Å². The minimum atomic E-state index is 0.373. The number of methoxy groups -OCH3 is 1. The van der Waals surface area contributed by atoms with Crippen LogP contribution in [0.15, 0.2) is 29.4 Å². The van der Waals surface area contributed by atoms with Crippen LogP contribution >= 0.6 is 0 Å². The molecule has 0 spiro atoms. The van der Waals surface area contributed by atoms with Gasteiger partial charge in [-0.2, -0.15) is 0 Å². The highest BCUT2D eigenvalue weighted by Crippen LogP contribution is 2.13. The zero-order valence-electron chi connectivity index (χ0n) is 9.43. The number of rotatable bonds is 5. The van der Waals surface area contributed by atoms with Crippen LogP contribution in [-0.2, 0) is 11.3 Å². The van der Waals surface area contributed by atoms with E-state index in [0.717, 1.165) is 12.2 Å². The highest BCUT2D eigenvalue weighted by atomic mass is 16.6. The lowest BCUT2D eigenvalue weighted by molar-refractivity contribution is 0.213. The quantitative estimate of drug-likeness (QED) is 0.548. The van der Waals surface area contributed by atoms with Crippen molar-refractivity contribution in [3.8, 4) is 5.75 Å². The predicted molar refractivity (Wildman–Crippen MR) is 61.4 cm³/mol. The van der Waals surface area contributed by atoms with Crippen molar-refractivity contribution in [1.82, 2.24) is 0 Å². The first kappa shape index (κ1) is 11.6. The maximum absolute atomic E-state index is 5.09. The van der Waals surface area contributed by atoms with Crippen LogP contribution in [-0.4, -0.2) is 20.4 Å². The smallest absolute Gasteiger partial charge is 0.118 e. The van der Waals surface area contributed by atoms with Crippen LogP contribution in [0, 0.1) is 5.92 Å². The van der Waals surface area contributed by atoms with Crippen molar-refractivity contribution in [3.63, 3.8) is 0 Å². The Kier molecular flexibility index (Phi) is 4.68. The summed E-state index contributed by atoms with van der Waals surface area (Å²) in [5.41, 5.74) is 1.27. The molecule has 0 bridgehead atoms. The van der Waals surface area contributed by atoms with Crippen LogP contribution in [0.5, 0.6) is 5.75 Å². The Balaban J connectivity index is 2.53. The summed E-state index contributed by atoms with van der Waals surface area (Å²) < 4.78 is 5.09. The summed E-state index contributed by atoms with van der Waals surface area (Å²) in [6, 6.07) is 8.07. The predicted octanol–water partition coefficient (Wildman–Crippen LogP) is 2.51. The van der Waals surface area contributed by atoms with Crippen molar-refractivity contribution in [1.29, 1.82) is 0 Å². The van der Waals surface area contributed by atoms with Gasteiger partial charge < -0.3 is 9.57 Å². The summed E-state index contributed by atoms with van der Waals surface area (Å²) in [4.78, 5) is 4.64. The Bertz CT molecular complexity index is 306. The molecule has 15 heavy (non-hydrogen) atoms. The minimum Gasteiger partial charge on any atom is -0.497 e. The number of hydrogen-bond acceptors (Lipinski definition) is 3. The molecule has 82 valence electrons. The number of ether oxygens (including phenoxy) is 1. The third kappa shape index (κ3) is 4.02. The Labute approximate surface area is 90.7 Å². The fourth-order valence-corrected chi connectivity index (χ4v) is 1.35. The first-order valence-electron chi connectivity index (χ1n) is 4.96. The maximum Gasteiger partial charge on any atom is 0.118 e. The van der Waals surface area contributed by atoms with Gasteiger partial charge in [0.15, 0.2) is 0 Å². The SMILES string of the molecule is CO/N=C/C(C)Cc1ccc(OC)cc1. The molecule has 0 saturated heterocycles. The number of oxime groups is 1. The normalized spacial score (nSPS) is 12.7. The van der Waals surface area contributed by atoms with E-state index in [-0.39, 0.29) is 0 Å². The van der Waals surface area contributed by atoms with Gasteiger partial charge in [0, 0.05) is 6.21 Å². The summed E-state index contributed by atoms with van der Waals surface area (Å²) in [5.74, 6) is 1.26. The number of benzene rings is 1. The maximum atomic E-state index is 5.09. The average molecular weight is 207 g/mol. The van der Waals surface area contributed by atoms with E-state index in [9.17, 15) is 0 Å². The van der Waals surface area contributed by atoms with E-state index in [0.29, 0.717) is 5.92 Å². The number of hydrogen-bond donors (Lipinski definition) is 0. The molecule has 0 N–H and O–H groups in total. The van der Waals surface area contributed by atoms with Crippen LogP contribution < -0.4 is 4.74 Å². The highest BCUT2D eigenvalue weighted by Gasteiger charge is 2.01. The molecule has 3 heteroatoms. The van der Waals surface area contributed by atoms with E-state index in [1.54, 1.807) is 14.2 Å². The molecular formula is C12H17NO2. The van der Waals surface area contributed by atoms with E-state index in [1.165, 1.54) is 5.56 Å². The second kappa shape index (κ2) is 6.06. The van der Waals surface area contributed by atoms with E-state index in [4.69, 9.17) is 4.74 Å². The number of nitrogens with zero attached hydrogens (tertiary/aromatic N) is 1. The summed E-state index contributed by atoms with van der Waals surface area (Å²) in [5, 5.41) is 3.75. The van der Waals surface area contributed by atoms with Gasteiger partial charge in [0.05, 0.1) is 7.11 Å². The van der Waals surface area contributed by atoms with Gasteiger partial charge in [0.2, 0.25) is 0 Å². The third-order valence-electron chi connectivity index (χ3n) is 2.14. The van der Waals surface area contributed by atoms with Gasteiger partial charge in [-0.3, -0.25) is 0 Å². The second-order valence-corrected chi connectivity index (χ2v) is 3.47. The van der Waals surface area contributed by atoms with Gasteiger partial charge in [-0.1, -0.05) is 24.2 Å². The van der Waals surface area contributed by atoms with Crippen LogP contribution in [0.4, 0.5) is 0 Å². The molecule has 1 unspecified atom stereocenters. The Morgan fingerprint density at radius 3 is 2.47 bits per heavy atom. The van der Waals surface area contributed by atoms with Gasteiger partial charge in [0.25, 0.3) is 0 Å². The molecule has 0 amide bonds. The molecule has 1 atom stereocenters. The van der Waals surface area contributed by atoms with Crippen LogP contribution in [0.1, 0.15) is 12.5 Å². The van der Waals surface area contributed by atoms with Crippen LogP contribution in [0.3, 0.4) is 0 Å². The lowest BCUT2D eigenvalue weighted by Gasteiger charge is -2.06. The first-order valence-corrected chi connectivity index (χ1v) is 4.96. The topological polar surface area (TPSA) is 30.8 Å². The zero-order valence-corrected chi connectivity index (χ0v) is 9.43. The summed E-state index contributed by atoms with van der Waals surface area (Å²) in [6.07, 6.45) is 2.76. The van der Waals surface area contributed by atoms with Gasteiger partial charge in [-0.05, 0) is 30.0 Å². The molecule has 1 aromatic rings. The molecule has 0 fully saturated rings. The molecule has 0 saturated carbocycles. The van der Waals surface area contributed by atoms with Crippen molar-refractivity contribution in [2.45, 2.75) is 13.3 Å². The molecule has 1 aromatic carbocycles. The van der Waals surface area contributed by atoms with Gasteiger partial charge in [-0.25, -0.2) is 0 Å². The van der Waals surface area contributed by atoms with Crippen molar-refractivity contribution in [2.24, 2.45) is 11.1 Å². The van der Waals surface area contributed by atoms with Crippen molar-refractivity contribution in [3.05, 3.63) is 29.8 Å². The Morgan fingerprint density at radius 1 is 1.27 bits per heavy atom. The minimum absolute atomic E-state index is 0.373. The third-order valence-corrected chi connectivity index (χ3v) is 2.14. The molecule has 0 radical (unpaired) electrons. The van der Waals surface area contributed by atoms with Crippen LogP contribution in [0.25, 0.3) is 0 Å². The standard InChI is InChI=1S/C12H17NO2/c1-10(9-13-15-3)8-11-4-6-12(14-2)7-5-11/h4-7,9-10H,8H2,1-3H3/b13-9+. The lowest BCUT2D eigenvalue weighted by Crippen LogP contribution is -2.01. The Hall–Kier alpha value is -1.51. The summed E-state index contributed by atoms with van der Waals surface area (Å²) >= 11 is 0. The average Bonchev–Trinajstić information content (AvgIpc) is 2.27. The second-order valence-electron chi connectivity index (χ2n) is 3.47. The molecule has 0 aromatic heterocycles. The molecular weight excluding hydrogens is 190 g/mol. The Morgan fingerprint density at radius 2 is 1.93 bits per heavy atom. The first-order chi connectivity index (χ1) is 7.26. The zero-order chi connectivity index (χ0) is 11.1. The van der Waals surface area contributed by atoms with Gasteiger partial charge >= 0.3 is 0 Å². The summed E-state index contributed by atoms with van der Waals surface area (Å²) in [6.45, 7) is 2.10. The van der Waals surface area contributed by atoms with Gasteiger partial charge in [-0.15, -0.1) is 0 Å². The van der Waals surface area contributed by atoms with Crippen LogP contribution in [0.2, 0.25) is 0 Å². The van der Waals surface area contributed by atoms with E-state index >= 15 is 0 Å². The van der Waals surface area contributed by atoms with E-state index in [1.807, 2.05) is 18.3 Å². The van der Waals surface area contributed by atoms with Crippen molar-refractivity contribution in [2.75, 3.05) is 14.2 Å². The molecule has 0 heterocycles. The molecule has 0 aliphatic heterocycles. The monoisotopic (exact) mass is 207 g/mol. The van der Waals surface area contributed by atoms with E-state index < -0.39 is 0 Å². The molecule has 0 aliphatic carbocycles.